The quantitative estimate of drug-likeness (QED) is 0.737. The summed E-state index contributed by atoms with van der Waals surface area (Å²) >= 11 is 0. The van der Waals surface area contributed by atoms with Gasteiger partial charge in [0, 0.05) is 6.54 Å². The zero-order chi connectivity index (χ0) is 9.80. The molecule has 0 fully saturated rings. The van der Waals surface area contributed by atoms with Crippen molar-refractivity contribution in [1.29, 1.82) is 0 Å². The van der Waals surface area contributed by atoms with E-state index in [-0.39, 0.29) is 0 Å². The van der Waals surface area contributed by atoms with Crippen LogP contribution in [-0.4, -0.2) is 6.54 Å². The molecule has 1 aliphatic carbocycles. The zero-order valence-corrected chi connectivity index (χ0v) is 8.42. The van der Waals surface area contributed by atoms with E-state index < -0.39 is 0 Å². The van der Waals surface area contributed by atoms with Crippen LogP contribution >= 0.6 is 0 Å². The topological polar surface area (TPSA) is 21.3 Å². The van der Waals surface area contributed by atoms with Gasteiger partial charge in [0.15, 0.2) is 5.88 Å². The van der Waals surface area contributed by atoms with Gasteiger partial charge in [-0.05, 0) is 36.6 Å². The minimum Gasteiger partial charge on any atom is -0.441 e. The van der Waals surface area contributed by atoms with Gasteiger partial charge in [-0.15, -0.1) is 0 Å². The van der Waals surface area contributed by atoms with Crippen molar-refractivity contribution >= 4 is 0 Å². The van der Waals surface area contributed by atoms with Crippen LogP contribution in [0.15, 0.2) is 47.6 Å². The standard InChI is InChI=1S/C12H15NO/c1-2-9-13-12-8-7-10-5-3-4-6-11(10)14-12/h3-4,6-8,13H,2,5,9H2,1H3. The van der Waals surface area contributed by atoms with Crippen LogP contribution in [-0.2, 0) is 4.74 Å². The molecule has 14 heavy (non-hydrogen) atoms. The minimum atomic E-state index is 0.858. The maximum Gasteiger partial charge on any atom is 0.193 e. The first-order chi connectivity index (χ1) is 6.90. The lowest BCUT2D eigenvalue weighted by molar-refractivity contribution is 0.276. The van der Waals surface area contributed by atoms with E-state index in [1.165, 1.54) is 5.57 Å². The first-order valence-corrected chi connectivity index (χ1v) is 5.10. The number of fused-ring (bicyclic) bond motifs is 1. The smallest absolute Gasteiger partial charge is 0.193 e. The van der Waals surface area contributed by atoms with E-state index in [1.54, 1.807) is 0 Å². The number of hydrogen-bond acceptors (Lipinski definition) is 2. The van der Waals surface area contributed by atoms with Crippen molar-refractivity contribution in [3.8, 4) is 0 Å². The molecule has 2 rings (SSSR count). The van der Waals surface area contributed by atoms with Crippen molar-refractivity contribution in [3.63, 3.8) is 0 Å². The van der Waals surface area contributed by atoms with Gasteiger partial charge in [-0.2, -0.15) is 0 Å². The molecule has 0 aromatic heterocycles. The summed E-state index contributed by atoms with van der Waals surface area (Å²) in [5, 5.41) is 3.23. The van der Waals surface area contributed by atoms with Crippen LogP contribution in [0.3, 0.4) is 0 Å². The molecular formula is C12H15NO. The Morgan fingerprint density at radius 2 is 2.29 bits per heavy atom. The van der Waals surface area contributed by atoms with Gasteiger partial charge in [-0.1, -0.05) is 19.1 Å². The molecule has 1 N–H and O–H groups in total. The Morgan fingerprint density at radius 3 is 3.14 bits per heavy atom. The van der Waals surface area contributed by atoms with Gasteiger partial charge in [0.2, 0.25) is 0 Å². The Kier molecular flexibility index (Phi) is 2.73. The fourth-order valence-electron chi connectivity index (χ4n) is 1.48. The van der Waals surface area contributed by atoms with Gasteiger partial charge in [-0.25, -0.2) is 0 Å². The third-order valence-electron chi connectivity index (χ3n) is 2.24. The predicted octanol–water partition coefficient (Wildman–Crippen LogP) is 2.63. The molecule has 0 amide bonds. The van der Waals surface area contributed by atoms with Gasteiger partial charge in [0.05, 0.1) is 0 Å². The number of hydrogen-bond donors (Lipinski definition) is 1. The first kappa shape index (κ1) is 9.13. The first-order valence-electron chi connectivity index (χ1n) is 5.10. The molecule has 0 saturated carbocycles. The lowest BCUT2D eigenvalue weighted by Gasteiger charge is -2.20. The fourth-order valence-corrected chi connectivity index (χ4v) is 1.48. The van der Waals surface area contributed by atoms with Crippen molar-refractivity contribution in [2.45, 2.75) is 19.8 Å². The summed E-state index contributed by atoms with van der Waals surface area (Å²) in [5.74, 6) is 1.84. The van der Waals surface area contributed by atoms with Crippen LogP contribution in [0.2, 0.25) is 0 Å². The molecule has 1 heterocycles. The average Bonchev–Trinajstić information content (AvgIpc) is 2.26. The summed E-state index contributed by atoms with van der Waals surface area (Å²) in [6, 6.07) is 0. The molecule has 1 aliphatic heterocycles. The lowest BCUT2D eigenvalue weighted by atomic mass is 10.0. The molecule has 0 unspecified atom stereocenters. The summed E-state index contributed by atoms with van der Waals surface area (Å²) in [6.07, 6.45) is 12.4. The van der Waals surface area contributed by atoms with Crippen molar-refractivity contribution in [2.24, 2.45) is 0 Å². The molecule has 2 heteroatoms. The van der Waals surface area contributed by atoms with Crippen LogP contribution in [0.4, 0.5) is 0 Å². The summed E-state index contributed by atoms with van der Waals surface area (Å²) in [4.78, 5) is 0. The highest BCUT2D eigenvalue weighted by Crippen LogP contribution is 2.25. The second kappa shape index (κ2) is 4.18. The van der Waals surface area contributed by atoms with E-state index in [4.69, 9.17) is 4.74 Å². The van der Waals surface area contributed by atoms with Crippen LogP contribution < -0.4 is 5.32 Å². The molecule has 0 aromatic carbocycles. The van der Waals surface area contributed by atoms with E-state index in [0.717, 1.165) is 31.0 Å². The number of nitrogens with one attached hydrogen (secondary N) is 1. The van der Waals surface area contributed by atoms with E-state index in [0.29, 0.717) is 0 Å². The number of rotatable bonds is 3. The Labute approximate surface area is 84.6 Å². The van der Waals surface area contributed by atoms with E-state index in [2.05, 4.69) is 24.4 Å². The summed E-state index contributed by atoms with van der Waals surface area (Å²) in [5.41, 5.74) is 1.26. The highest BCUT2D eigenvalue weighted by Gasteiger charge is 2.13. The van der Waals surface area contributed by atoms with Gasteiger partial charge in [0.25, 0.3) is 0 Å². The summed E-state index contributed by atoms with van der Waals surface area (Å²) < 4.78 is 5.68. The van der Waals surface area contributed by atoms with Gasteiger partial charge < -0.3 is 10.1 Å². The molecule has 0 bridgehead atoms. The van der Waals surface area contributed by atoms with Gasteiger partial charge in [-0.3, -0.25) is 0 Å². The largest absolute Gasteiger partial charge is 0.441 e. The second-order valence-corrected chi connectivity index (χ2v) is 3.41. The molecular weight excluding hydrogens is 174 g/mol. The van der Waals surface area contributed by atoms with Gasteiger partial charge in [0.1, 0.15) is 5.76 Å². The minimum absolute atomic E-state index is 0.858. The molecule has 0 aromatic rings. The van der Waals surface area contributed by atoms with Crippen LogP contribution in [0.25, 0.3) is 0 Å². The van der Waals surface area contributed by atoms with E-state index in [1.807, 2.05) is 18.2 Å². The molecule has 0 atom stereocenters. The fraction of sp³-hybridized carbons (Fsp3) is 0.333. The van der Waals surface area contributed by atoms with Crippen molar-refractivity contribution in [3.05, 3.63) is 47.6 Å². The third kappa shape index (κ3) is 1.90. The molecule has 2 aliphatic rings. The normalized spacial score (nSPS) is 18.8. The van der Waals surface area contributed by atoms with Gasteiger partial charge >= 0.3 is 0 Å². The summed E-state index contributed by atoms with van der Waals surface area (Å²) in [6.45, 7) is 3.10. The maximum absolute atomic E-state index is 5.68. The zero-order valence-electron chi connectivity index (χ0n) is 8.42. The Bertz CT molecular complexity index is 334. The number of ether oxygens (including phenoxy) is 1. The molecule has 2 nitrogen and oxygen atoms in total. The SMILES string of the molecule is CCCNC1=CC=C2CC=CC=C2O1. The Morgan fingerprint density at radius 1 is 1.36 bits per heavy atom. The molecule has 0 spiro atoms. The molecule has 0 saturated heterocycles. The van der Waals surface area contributed by atoms with E-state index in [9.17, 15) is 0 Å². The Hall–Kier alpha value is -1.44. The number of allylic oxidation sites excluding steroid dienone is 6. The van der Waals surface area contributed by atoms with Crippen molar-refractivity contribution < 1.29 is 4.74 Å². The Balaban J connectivity index is 2.05. The van der Waals surface area contributed by atoms with Crippen LogP contribution in [0, 0.1) is 0 Å². The monoisotopic (exact) mass is 189 g/mol. The van der Waals surface area contributed by atoms with Crippen molar-refractivity contribution in [1.82, 2.24) is 5.32 Å². The predicted molar refractivity (Wildman–Crippen MR) is 57.4 cm³/mol. The maximum atomic E-state index is 5.68. The molecule has 0 radical (unpaired) electrons. The second-order valence-electron chi connectivity index (χ2n) is 3.41. The average molecular weight is 189 g/mol. The highest BCUT2D eigenvalue weighted by molar-refractivity contribution is 5.40. The molecule has 74 valence electrons. The lowest BCUT2D eigenvalue weighted by Crippen LogP contribution is -2.18. The van der Waals surface area contributed by atoms with Crippen LogP contribution in [0.5, 0.6) is 0 Å². The third-order valence-corrected chi connectivity index (χ3v) is 2.24. The van der Waals surface area contributed by atoms with Crippen LogP contribution in [0.1, 0.15) is 19.8 Å². The van der Waals surface area contributed by atoms with Crippen molar-refractivity contribution in [2.75, 3.05) is 6.54 Å². The van der Waals surface area contributed by atoms with E-state index >= 15 is 0 Å². The highest BCUT2D eigenvalue weighted by atomic mass is 16.5. The summed E-state index contributed by atoms with van der Waals surface area (Å²) in [7, 11) is 0.